The van der Waals surface area contributed by atoms with E-state index in [9.17, 15) is 19.7 Å². The highest BCUT2D eigenvalue weighted by molar-refractivity contribution is 6.03. The van der Waals surface area contributed by atoms with Crippen LogP contribution >= 0.6 is 0 Å². The quantitative estimate of drug-likeness (QED) is 0.559. The lowest BCUT2D eigenvalue weighted by molar-refractivity contribution is -0.385. The summed E-state index contributed by atoms with van der Waals surface area (Å²) in [4.78, 5) is 37.8. The molecule has 0 aromatic carbocycles. The van der Waals surface area contributed by atoms with Gasteiger partial charge < -0.3 is 15.0 Å². The van der Waals surface area contributed by atoms with Gasteiger partial charge in [0.2, 0.25) is 5.91 Å². The highest BCUT2D eigenvalue weighted by Gasteiger charge is 2.28. The van der Waals surface area contributed by atoms with E-state index < -0.39 is 16.9 Å². The predicted molar refractivity (Wildman–Crippen MR) is 102 cm³/mol. The normalized spacial score (nSPS) is 15.2. The molecule has 1 fully saturated rings. The number of nitrogens with zero attached hydrogens (tertiary/aromatic N) is 6. The largest absolute Gasteiger partial charge is 0.378 e. The predicted octanol–water partition coefficient (Wildman–Crippen LogP) is 0.988. The average molecular weight is 405 g/mol. The van der Waals surface area contributed by atoms with Gasteiger partial charge in [0, 0.05) is 19.6 Å². The Morgan fingerprint density at radius 2 is 2.07 bits per heavy atom. The average Bonchev–Trinajstić information content (AvgIpc) is 3.30. The molecule has 1 aliphatic heterocycles. The third kappa shape index (κ3) is 4.11. The third-order valence-corrected chi connectivity index (χ3v) is 4.76. The van der Waals surface area contributed by atoms with E-state index in [0.29, 0.717) is 38.5 Å². The maximum atomic E-state index is 13.0. The minimum absolute atomic E-state index is 0.161. The zero-order valence-electron chi connectivity index (χ0n) is 16.5. The fourth-order valence-electron chi connectivity index (χ4n) is 3.07. The second-order valence-electron chi connectivity index (χ2n) is 6.63. The Labute approximate surface area is 166 Å². The van der Waals surface area contributed by atoms with Crippen molar-refractivity contribution < 1.29 is 19.2 Å². The van der Waals surface area contributed by atoms with Crippen LogP contribution in [0.15, 0.2) is 12.4 Å². The number of ether oxygens (including phenoxy) is 1. The molecule has 2 amide bonds. The third-order valence-electron chi connectivity index (χ3n) is 4.76. The van der Waals surface area contributed by atoms with Crippen molar-refractivity contribution in [3.8, 4) is 0 Å². The fourth-order valence-corrected chi connectivity index (χ4v) is 3.07. The molecule has 3 heterocycles. The Bertz CT molecular complexity index is 929. The molecule has 0 bridgehead atoms. The number of aromatic nitrogens is 4. The minimum atomic E-state index is -0.821. The second kappa shape index (κ2) is 8.39. The SMILES string of the molecule is CCn1ncc(NC(=O)C(C)n2cc([N+](=O)[O-])c(C)n2)c1C(=O)N1CCOCC1. The summed E-state index contributed by atoms with van der Waals surface area (Å²) in [5.74, 6) is -0.699. The maximum Gasteiger partial charge on any atom is 0.309 e. The number of carbonyl (C=O) groups is 2. The molecule has 12 heteroatoms. The molecule has 0 aliphatic carbocycles. The number of nitrogens with one attached hydrogen (secondary N) is 1. The highest BCUT2D eigenvalue weighted by Crippen LogP contribution is 2.22. The number of anilines is 1. The van der Waals surface area contributed by atoms with Gasteiger partial charge in [0.1, 0.15) is 23.6 Å². The van der Waals surface area contributed by atoms with E-state index in [4.69, 9.17) is 4.74 Å². The summed E-state index contributed by atoms with van der Waals surface area (Å²) in [7, 11) is 0. The zero-order chi connectivity index (χ0) is 21.1. The number of aryl methyl sites for hydroxylation is 2. The van der Waals surface area contributed by atoms with E-state index in [2.05, 4.69) is 15.5 Å². The number of hydrogen-bond acceptors (Lipinski definition) is 7. The summed E-state index contributed by atoms with van der Waals surface area (Å²) in [6.07, 6.45) is 2.65. The summed E-state index contributed by atoms with van der Waals surface area (Å²) in [6.45, 7) is 7.24. The molecule has 0 radical (unpaired) electrons. The van der Waals surface area contributed by atoms with Gasteiger partial charge in [-0.3, -0.25) is 29.1 Å². The molecule has 0 saturated carbocycles. The fraction of sp³-hybridized carbons (Fsp3) is 0.529. The Balaban J connectivity index is 1.81. The van der Waals surface area contributed by atoms with Crippen LogP contribution in [0, 0.1) is 17.0 Å². The number of morpholine rings is 1. The summed E-state index contributed by atoms with van der Waals surface area (Å²) >= 11 is 0. The van der Waals surface area contributed by atoms with Crippen molar-refractivity contribution in [1.82, 2.24) is 24.5 Å². The van der Waals surface area contributed by atoms with Crippen LogP contribution in [0.3, 0.4) is 0 Å². The number of nitro groups is 1. The minimum Gasteiger partial charge on any atom is -0.378 e. The van der Waals surface area contributed by atoms with E-state index in [1.165, 1.54) is 28.7 Å². The second-order valence-corrected chi connectivity index (χ2v) is 6.63. The molecule has 2 aromatic heterocycles. The lowest BCUT2D eigenvalue weighted by atomic mass is 10.2. The van der Waals surface area contributed by atoms with Crippen molar-refractivity contribution in [2.75, 3.05) is 31.6 Å². The van der Waals surface area contributed by atoms with Crippen LogP contribution in [0.2, 0.25) is 0 Å². The lowest BCUT2D eigenvalue weighted by Crippen LogP contribution is -2.42. The molecule has 1 atom stereocenters. The van der Waals surface area contributed by atoms with Crippen molar-refractivity contribution in [3.63, 3.8) is 0 Å². The standard InChI is InChI=1S/C17H23N7O5/c1-4-22-15(17(26)21-5-7-29-8-6-21)13(9-18-22)19-16(25)12(3)23-10-14(24(27)28)11(2)20-23/h9-10,12H,4-8H2,1-3H3,(H,19,25). The van der Waals surface area contributed by atoms with Crippen molar-refractivity contribution >= 4 is 23.2 Å². The van der Waals surface area contributed by atoms with Crippen LogP contribution in [0.1, 0.15) is 36.1 Å². The molecular formula is C17H23N7O5. The molecule has 3 rings (SSSR count). The van der Waals surface area contributed by atoms with Crippen LogP contribution in [-0.2, 0) is 16.1 Å². The van der Waals surface area contributed by atoms with Gasteiger partial charge in [-0.25, -0.2) is 0 Å². The van der Waals surface area contributed by atoms with E-state index in [1.54, 1.807) is 11.8 Å². The van der Waals surface area contributed by atoms with Gasteiger partial charge in [-0.05, 0) is 20.8 Å². The van der Waals surface area contributed by atoms with Gasteiger partial charge in [-0.15, -0.1) is 0 Å². The first-order chi connectivity index (χ1) is 13.8. The molecule has 1 aliphatic rings. The number of hydrogen-bond donors (Lipinski definition) is 1. The van der Waals surface area contributed by atoms with Crippen LogP contribution in [-0.4, -0.2) is 67.5 Å². The molecule has 156 valence electrons. The van der Waals surface area contributed by atoms with E-state index in [-0.39, 0.29) is 23.0 Å². The maximum absolute atomic E-state index is 13.0. The number of amides is 2. The molecule has 2 aromatic rings. The van der Waals surface area contributed by atoms with Crippen LogP contribution in [0.5, 0.6) is 0 Å². The first-order valence-electron chi connectivity index (χ1n) is 9.27. The van der Waals surface area contributed by atoms with Crippen LogP contribution < -0.4 is 5.32 Å². The van der Waals surface area contributed by atoms with Gasteiger partial charge in [0.15, 0.2) is 0 Å². The van der Waals surface area contributed by atoms with Crippen LogP contribution in [0.25, 0.3) is 0 Å². The van der Waals surface area contributed by atoms with Gasteiger partial charge in [-0.2, -0.15) is 10.2 Å². The molecule has 1 N–H and O–H groups in total. The molecule has 1 unspecified atom stereocenters. The number of rotatable bonds is 6. The molecule has 12 nitrogen and oxygen atoms in total. The summed E-state index contributed by atoms with van der Waals surface area (Å²) < 4.78 is 8.05. The smallest absolute Gasteiger partial charge is 0.309 e. The molecule has 1 saturated heterocycles. The Kier molecular flexibility index (Phi) is 5.92. The monoisotopic (exact) mass is 405 g/mol. The summed E-state index contributed by atoms with van der Waals surface area (Å²) in [5, 5.41) is 22.0. The Hall–Kier alpha value is -3.28. The zero-order valence-corrected chi connectivity index (χ0v) is 16.5. The van der Waals surface area contributed by atoms with Crippen LogP contribution in [0.4, 0.5) is 11.4 Å². The van der Waals surface area contributed by atoms with Gasteiger partial charge in [-0.1, -0.05) is 0 Å². The van der Waals surface area contributed by atoms with E-state index in [1.807, 2.05) is 6.92 Å². The first-order valence-corrected chi connectivity index (χ1v) is 9.27. The van der Waals surface area contributed by atoms with Gasteiger partial charge >= 0.3 is 5.69 Å². The van der Waals surface area contributed by atoms with Crippen molar-refractivity contribution in [2.45, 2.75) is 33.4 Å². The molecular weight excluding hydrogens is 382 g/mol. The van der Waals surface area contributed by atoms with Crippen molar-refractivity contribution in [3.05, 3.63) is 33.9 Å². The van der Waals surface area contributed by atoms with Crippen molar-refractivity contribution in [2.24, 2.45) is 0 Å². The first kappa shape index (κ1) is 20.5. The van der Waals surface area contributed by atoms with Gasteiger partial charge in [0.05, 0.1) is 30.0 Å². The summed E-state index contributed by atoms with van der Waals surface area (Å²) in [5.41, 5.74) is 0.638. The lowest BCUT2D eigenvalue weighted by Gasteiger charge is -2.27. The summed E-state index contributed by atoms with van der Waals surface area (Å²) in [6, 6.07) is -0.821. The number of carbonyl (C=O) groups excluding carboxylic acids is 2. The van der Waals surface area contributed by atoms with E-state index in [0.717, 1.165) is 0 Å². The van der Waals surface area contributed by atoms with Crippen molar-refractivity contribution in [1.29, 1.82) is 0 Å². The topological polar surface area (TPSA) is 137 Å². The van der Waals surface area contributed by atoms with E-state index >= 15 is 0 Å². The molecule has 0 spiro atoms. The Morgan fingerprint density at radius 3 is 2.66 bits per heavy atom. The highest BCUT2D eigenvalue weighted by atomic mass is 16.6. The Morgan fingerprint density at radius 1 is 1.38 bits per heavy atom. The van der Waals surface area contributed by atoms with Gasteiger partial charge in [0.25, 0.3) is 5.91 Å². The molecule has 29 heavy (non-hydrogen) atoms.